The quantitative estimate of drug-likeness (QED) is 0.174. The molecule has 1 aliphatic heterocycles. The molecule has 0 saturated carbocycles. The number of esters is 1. The van der Waals surface area contributed by atoms with E-state index in [1.165, 1.54) is 30.3 Å². The maximum Gasteiger partial charge on any atom is 0.338 e. The highest BCUT2D eigenvalue weighted by Gasteiger charge is 2.38. The SMILES string of the molecule is CN1C(=CC(=O)COC(=O)c2cccc(S(=O)(=O)Nc3ccc(OCc4ccccc4)cc3)c2)C(C)(C)c2ccccc21. The second-order valence-corrected chi connectivity index (χ2v) is 12.4. The molecule has 0 bridgehead atoms. The standard InChI is InChI=1S/C34H32N2O6S/c1-34(2)30-14-7-8-15-31(30)36(3)32(34)21-27(37)23-42-33(38)25-12-9-13-29(20-25)43(39,40)35-26-16-18-28(19-17-26)41-22-24-10-5-4-6-11-24/h4-21,35H,22-23H2,1-3H3. The van der Waals surface area contributed by atoms with Crippen LogP contribution >= 0.6 is 0 Å². The van der Waals surface area contributed by atoms with Crippen molar-refractivity contribution in [2.75, 3.05) is 23.3 Å². The zero-order valence-corrected chi connectivity index (χ0v) is 24.9. The van der Waals surface area contributed by atoms with Crippen LogP contribution in [0.5, 0.6) is 5.75 Å². The van der Waals surface area contributed by atoms with Crippen LogP contribution in [0.3, 0.4) is 0 Å². The van der Waals surface area contributed by atoms with Gasteiger partial charge in [0, 0.05) is 35.6 Å². The molecule has 5 rings (SSSR count). The van der Waals surface area contributed by atoms with Gasteiger partial charge in [-0.3, -0.25) is 9.52 Å². The molecule has 0 aromatic heterocycles. The lowest BCUT2D eigenvalue weighted by Crippen LogP contribution is -2.25. The number of hydrogen-bond donors (Lipinski definition) is 1. The van der Waals surface area contributed by atoms with E-state index in [-0.39, 0.29) is 16.2 Å². The molecule has 4 aromatic carbocycles. The fourth-order valence-electron chi connectivity index (χ4n) is 5.04. The summed E-state index contributed by atoms with van der Waals surface area (Å²) >= 11 is 0. The van der Waals surface area contributed by atoms with Crippen LogP contribution in [0, 0.1) is 0 Å². The number of hydrogen-bond acceptors (Lipinski definition) is 7. The van der Waals surface area contributed by atoms with Gasteiger partial charge in [-0.25, -0.2) is 13.2 Å². The summed E-state index contributed by atoms with van der Waals surface area (Å²) in [6, 6.07) is 29.6. The van der Waals surface area contributed by atoms with E-state index in [0.29, 0.717) is 18.0 Å². The predicted octanol–water partition coefficient (Wildman–Crippen LogP) is 6.10. The molecule has 0 radical (unpaired) electrons. The summed E-state index contributed by atoms with van der Waals surface area (Å²) < 4.78 is 39.6. The fourth-order valence-corrected chi connectivity index (χ4v) is 6.14. The Morgan fingerprint density at radius 3 is 2.30 bits per heavy atom. The summed E-state index contributed by atoms with van der Waals surface area (Å²) in [5, 5.41) is 0. The van der Waals surface area contributed by atoms with Crippen LogP contribution in [0.4, 0.5) is 11.4 Å². The monoisotopic (exact) mass is 596 g/mol. The molecule has 0 unspecified atom stereocenters. The average molecular weight is 597 g/mol. The summed E-state index contributed by atoms with van der Waals surface area (Å²) in [6.07, 6.45) is 1.50. The normalized spacial score (nSPS) is 14.7. The predicted molar refractivity (Wildman–Crippen MR) is 166 cm³/mol. The third-order valence-corrected chi connectivity index (χ3v) is 8.70. The van der Waals surface area contributed by atoms with Gasteiger partial charge in [-0.2, -0.15) is 0 Å². The first-order valence-electron chi connectivity index (χ1n) is 13.7. The van der Waals surface area contributed by atoms with Crippen molar-refractivity contribution < 1.29 is 27.5 Å². The van der Waals surface area contributed by atoms with E-state index in [4.69, 9.17) is 9.47 Å². The maximum absolute atomic E-state index is 13.1. The summed E-state index contributed by atoms with van der Waals surface area (Å²) in [7, 11) is -2.11. The minimum atomic E-state index is -4.01. The molecule has 1 N–H and O–H groups in total. The molecule has 0 fully saturated rings. The number of ketones is 1. The molecule has 0 saturated heterocycles. The Morgan fingerprint density at radius 1 is 0.884 bits per heavy atom. The Labute approximate surface area is 251 Å². The van der Waals surface area contributed by atoms with E-state index < -0.39 is 28.0 Å². The van der Waals surface area contributed by atoms with Gasteiger partial charge in [-0.15, -0.1) is 0 Å². The maximum atomic E-state index is 13.1. The first-order chi connectivity index (χ1) is 20.5. The lowest BCUT2D eigenvalue weighted by Gasteiger charge is -2.23. The van der Waals surface area contributed by atoms with Crippen LogP contribution in [-0.4, -0.2) is 33.8 Å². The van der Waals surface area contributed by atoms with E-state index in [1.54, 1.807) is 24.3 Å². The number of fused-ring (bicyclic) bond motifs is 1. The number of anilines is 2. The zero-order chi connectivity index (χ0) is 30.6. The van der Waals surface area contributed by atoms with Gasteiger partial charge >= 0.3 is 5.97 Å². The molecule has 1 aliphatic rings. The number of likely N-dealkylation sites (N-methyl/N-ethyl adjacent to an activating group) is 1. The van der Waals surface area contributed by atoms with Gasteiger partial charge in [0.25, 0.3) is 10.0 Å². The van der Waals surface area contributed by atoms with Crippen LogP contribution in [-0.2, 0) is 31.6 Å². The molecule has 0 amide bonds. The van der Waals surface area contributed by atoms with Crippen LogP contribution in [0.2, 0.25) is 0 Å². The lowest BCUT2D eigenvalue weighted by molar-refractivity contribution is -0.117. The first kappa shape index (κ1) is 29.6. The fraction of sp³-hybridized carbons (Fsp3) is 0.176. The highest BCUT2D eigenvalue weighted by atomic mass is 32.2. The molecule has 1 heterocycles. The van der Waals surface area contributed by atoms with Crippen LogP contribution in [0.15, 0.2) is 120 Å². The second kappa shape index (κ2) is 12.1. The van der Waals surface area contributed by atoms with Gasteiger partial charge in [-0.1, -0.05) is 68.4 Å². The summed E-state index contributed by atoms with van der Waals surface area (Å²) in [5.41, 5.74) is 3.89. The van der Waals surface area contributed by atoms with Crippen molar-refractivity contribution >= 4 is 33.2 Å². The van der Waals surface area contributed by atoms with Crippen molar-refractivity contribution in [3.63, 3.8) is 0 Å². The molecule has 8 nitrogen and oxygen atoms in total. The molecule has 0 atom stereocenters. The Kier molecular flexibility index (Phi) is 8.36. The number of nitrogens with zero attached hydrogens (tertiary/aromatic N) is 1. The molecule has 220 valence electrons. The Balaban J connectivity index is 1.19. The molecular formula is C34H32N2O6S. The Hall–Kier alpha value is -4.89. The zero-order valence-electron chi connectivity index (χ0n) is 24.1. The third-order valence-electron chi connectivity index (χ3n) is 7.32. The lowest BCUT2D eigenvalue weighted by atomic mass is 9.83. The van der Waals surface area contributed by atoms with Gasteiger partial charge in [-0.05, 0) is 59.7 Å². The summed E-state index contributed by atoms with van der Waals surface area (Å²) in [6.45, 7) is 3.99. The topological polar surface area (TPSA) is 102 Å². The number of nitrogens with one attached hydrogen (secondary N) is 1. The van der Waals surface area contributed by atoms with Crippen molar-refractivity contribution in [1.29, 1.82) is 0 Å². The second-order valence-electron chi connectivity index (χ2n) is 10.7. The van der Waals surface area contributed by atoms with Gasteiger partial charge < -0.3 is 14.4 Å². The molecule has 43 heavy (non-hydrogen) atoms. The number of carbonyl (C=O) groups excluding carboxylic acids is 2. The van der Waals surface area contributed by atoms with Gasteiger partial charge in [0.1, 0.15) is 12.4 Å². The third kappa shape index (κ3) is 6.62. The van der Waals surface area contributed by atoms with Crippen LogP contribution in [0.25, 0.3) is 0 Å². The largest absolute Gasteiger partial charge is 0.489 e. The molecular weight excluding hydrogens is 564 g/mol. The molecule has 9 heteroatoms. The van der Waals surface area contributed by atoms with E-state index in [1.807, 2.05) is 80.4 Å². The van der Waals surface area contributed by atoms with Crippen LogP contribution in [0.1, 0.15) is 35.3 Å². The van der Waals surface area contributed by atoms with Crippen molar-refractivity contribution in [1.82, 2.24) is 0 Å². The van der Waals surface area contributed by atoms with Gasteiger partial charge in [0.15, 0.2) is 12.4 Å². The molecule has 0 aliphatic carbocycles. The van der Waals surface area contributed by atoms with E-state index >= 15 is 0 Å². The summed E-state index contributed by atoms with van der Waals surface area (Å²) in [4.78, 5) is 27.4. The minimum absolute atomic E-state index is 0.0127. The number of para-hydroxylation sites is 1. The smallest absolute Gasteiger partial charge is 0.338 e. The first-order valence-corrected chi connectivity index (χ1v) is 15.2. The van der Waals surface area contributed by atoms with Crippen molar-refractivity contribution in [2.24, 2.45) is 0 Å². The van der Waals surface area contributed by atoms with Crippen molar-refractivity contribution in [3.8, 4) is 5.75 Å². The minimum Gasteiger partial charge on any atom is -0.489 e. The van der Waals surface area contributed by atoms with E-state index in [0.717, 1.165) is 22.5 Å². The number of benzene rings is 4. The Bertz CT molecular complexity index is 1780. The highest BCUT2D eigenvalue weighted by Crippen LogP contribution is 2.46. The number of carbonyl (C=O) groups is 2. The molecule has 0 spiro atoms. The number of allylic oxidation sites excluding steroid dienone is 1. The van der Waals surface area contributed by atoms with E-state index in [9.17, 15) is 18.0 Å². The number of ether oxygens (including phenoxy) is 2. The number of rotatable bonds is 10. The summed E-state index contributed by atoms with van der Waals surface area (Å²) in [5.74, 6) is -0.585. The van der Waals surface area contributed by atoms with Crippen molar-refractivity contribution in [3.05, 3.63) is 132 Å². The van der Waals surface area contributed by atoms with Crippen molar-refractivity contribution in [2.45, 2.75) is 30.8 Å². The van der Waals surface area contributed by atoms with Gasteiger partial charge in [0.05, 0.1) is 10.5 Å². The van der Waals surface area contributed by atoms with E-state index in [2.05, 4.69) is 4.72 Å². The van der Waals surface area contributed by atoms with Gasteiger partial charge in [0.2, 0.25) is 0 Å². The highest BCUT2D eigenvalue weighted by molar-refractivity contribution is 7.92. The average Bonchev–Trinajstić information content (AvgIpc) is 3.20. The molecule has 4 aromatic rings. The number of sulfonamides is 1. The Morgan fingerprint density at radius 2 is 1.58 bits per heavy atom. The van der Waals surface area contributed by atoms with Crippen LogP contribution < -0.4 is 14.4 Å².